The van der Waals surface area contributed by atoms with Crippen LogP contribution in [-0.4, -0.2) is 73.6 Å². The quantitative estimate of drug-likeness (QED) is 0.275. The highest BCUT2D eigenvalue weighted by atomic mass is 16.7. The van der Waals surface area contributed by atoms with E-state index in [-0.39, 0.29) is 12.3 Å². The SMILES string of the molecule is N=C(CCc1cnc[nH]1)OC1OC(CO)C(O)C(O)C1O. The third-order valence-corrected chi connectivity index (χ3v) is 3.28. The van der Waals surface area contributed by atoms with Gasteiger partial charge < -0.3 is 34.9 Å². The summed E-state index contributed by atoms with van der Waals surface area (Å²) in [6.07, 6.45) is -2.92. The van der Waals surface area contributed by atoms with E-state index in [9.17, 15) is 15.3 Å². The monoisotopic (exact) mass is 301 g/mol. The average Bonchev–Trinajstić information content (AvgIpc) is 2.99. The van der Waals surface area contributed by atoms with Crippen molar-refractivity contribution in [1.29, 1.82) is 5.41 Å². The van der Waals surface area contributed by atoms with Gasteiger partial charge in [0.25, 0.3) is 0 Å². The van der Waals surface area contributed by atoms with Crippen molar-refractivity contribution in [2.45, 2.75) is 43.5 Å². The Kier molecular flexibility index (Phi) is 5.26. The van der Waals surface area contributed by atoms with E-state index in [0.29, 0.717) is 6.42 Å². The summed E-state index contributed by atoms with van der Waals surface area (Å²) in [4.78, 5) is 6.73. The summed E-state index contributed by atoms with van der Waals surface area (Å²) in [6.45, 7) is -0.535. The molecule has 1 aliphatic heterocycles. The Bertz CT molecular complexity index is 452. The number of aryl methyl sites for hydroxylation is 1. The molecule has 2 rings (SSSR count). The first-order valence-electron chi connectivity index (χ1n) is 6.54. The van der Waals surface area contributed by atoms with E-state index in [4.69, 9.17) is 20.0 Å². The van der Waals surface area contributed by atoms with Crippen molar-refractivity contribution in [3.05, 3.63) is 18.2 Å². The fourth-order valence-electron chi connectivity index (χ4n) is 2.03. The Morgan fingerprint density at radius 2 is 2.10 bits per heavy atom. The van der Waals surface area contributed by atoms with Gasteiger partial charge in [0.1, 0.15) is 24.4 Å². The van der Waals surface area contributed by atoms with Crippen LogP contribution in [0.4, 0.5) is 0 Å². The topological polar surface area (TPSA) is 152 Å². The van der Waals surface area contributed by atoms with E-state index in [2.05, 4.69) is 9.97 Å². The van der Waals surface area contributed by atoms with E-state index >= 15 is 0 Å². The first-order chi connectivity index (χ1) is 10.0. The van der Waals surface area contributed by atoms with Crippen molar-refractivity contribution in [1.82, 2.24) is 9.97 Å². The van der Waals surface area contributed by atoms with Gasteiger partial charge in [-0.3, -0.25) is 5.41 Å². The molecule has 118 valence electrons. The molecule has 0 bridgehead atoms. The van der Waals surface area contributed by atoms with Crippen molar-refractivity contribution in [3.63, 3.8) is 0 Å². The fourth-order valence-corrected chi connectivity index (χ4v) is 2.03. The third-order valence-electron chi connectivity index (χ3n) is 3.28. The van der Waals surface area contributed by atoms with Gasteiger partial charge in [-0.25, -0.2) is 4.98 Å². The van der Waals surface area contributed by atoms with Gasteiger partial charge in [-0.05, 0) is 6.42 Å². The molecule has 0 radical (unpaired) electrons. The van der Waals surface area contributed by atoms with Crippen molar-refractivity contribution in [3.8, 4) is 0 Å². The molecule has 1 saturated heterocycles. The minimum atomic E-state index is -1.51. The van der Waals surface area contributed by atoms with E-state index < -0.39 is 37.3 Å². The molecule has 6 N–H and O–H groups in total. The Morgan fingerprint density at radius 1 is 1.33 bits per heavy atom. The number of imidazole rings is 1. The minimum Gasteiger partial charge on any atom is -0.449 e. The molecule has 5 atom stereocenters. The highest BCUT2D eigenvalue weighted by Crippen LogP contribution is 2.22. The molecule has 1 fully saturated rings. The molecule has 9 nitrogen and oxygen atoms in total. The Labute approximate surface area is 120 Å². The van der Waals surface area contributed by atoms with Gasteiger partial charge in [-0.1, -0.05) is 0 Å². The van der Waals surface area contributed by atoms with Gasteiger partial charge in [0.05, 0.1) is 12.9 Å². The number of aliphatic hydroxyl groups is 4. The lowest BCUT2D eigenvalue weighted by Gasteiger charge is -2.39. The van der Waals surface area contributed by atoms with E-state index in [1.54, 1.807) is 6.20 Å². The predicted molar refractivity (Wildman–Crippen MR) is 69.5 cm³/mol. The molecule has 0 amide bonds. The van der Waals surface area contributed by atoms with Crippen LogP contribution in [0.1, 0.15) is 12.1 Å². The highest BCUT2D eigenvalue weighted by molar-refractivity contribution is 5.72. The number of H-pyrrole nitrogens is 1. The van der Waals surface area contributed by atoms with Gasteiger partial charge in [0, 0.05) is 18.3 Å². The predicted octanol–water partition coefficient (Wildman–Crippen LogP) is -1.86. The largest absolute Gasteiger partial charge is 0.449 e. The zero-order chi connectivity index (χ0) is 15.4. The number of nitrogens with one attached hydrogen (secondary N) is 2. The summed E-state index contributed by atoms with van der Waals surface area (Å²) in [5, 5.41) is 45.7. The number of aromatic nitrogens is 2. The molecule has 1 aliphatic rings. The van der Waals surface area contributed by atoms with Crippen molar-refractivity contribution in [2.24, 2.45) is 0 Å². The number of nitrogens with zero attached hydrogens (tertiary/aromatic N) is 1. The first kappa shape index (κ1) is 15.9. The smallest absolute Gasteiger partial charge is 0.230 e. The van der Waals surface area contributed by atoms with Gasteiger partial charge in [-0.15, -0.1) is 0 Å². The number of hydrogen-bond donors (Lipinski definition) is 6. The summed E-state index contributed by atoms with van der Waals surface area (Å²) in [5.41, 5.74) is 0.831. The molecule has 1 aromatic rings. The molecular formula is C12H19N3O6. The number of rotatable bonds is 5. The standard InChI is InChI=1S/C12H19N3O6/c13-8(2-1-6-3-14-5-15-6)21-12-11(19)10(18)9(17)7(4-16)20-12/h3,5,7,9-13,16-19H,1-2,4H2,(H,14,15). The second-order valence-corrected chi connectivity index (χ2v) is 4.82. The second-order valence-electron chi connectivity index (χ2n) is 4.82. The van der Waals surface area contributed by atoms with Gasteiger partial charge in [0.15, 0.2) is 5.90 Å². The molecule has 0 aromatic carbocycles. The van der Waals surface area contributed by atoms with E-state index in [1.807, 2.05) is 0 Å². The highest BCUT2D eigenvalue weighted by Gasteiger charge is 2.44. The van der Waals surface area contributed by atoms with Crippen molar-refractivity contribution >= 4 is 5.90 Å². The molecule has 0 aliphatic carbocycles. The Hall–Kier alpha value is -1.52. The Balaban J connectivity index is 1.87. The molecule has 2 heterocycles. The lowest BCUT2D eigenvalue weighted by molar-refractivity contribution is -0.281. The maximum absolute atomic E-state index is 9.77. The zero-order valence-electron chi connectivity index (χ0n) is 11.2. The van der Waals surface area contributed by atoms with Crippen LogP contribution < -0.4 is 0 Å². The third kappa shape index (κ3) is 3.77. The van der Waals surface area contributed by atoms with Gasteiger partial charge >= 0.3 is 0 Å². The number of hydrogen-bond acceptors (Lipinski definition) is 8. The number of aromatic amines is 1. The maximum atomic E-state index is 9.77. The molecule has 0 saturated carbocycles. The Morgan fingerprint density at radius 3 is 2.71 bits per heavy atom. The van der Waals surface area contributed by atoms with Crippen LogP contribution in [0.5, 0.6) is 0 Å². The van der Waals surface area contributed by atoms with Crippen LogP contribution in [-0.2, 0) is 15.9 Å². The number of aliphatic hydroxyl groups excluding tert-OH is 4. The summed E-state index contributed by atoms with van der Waals surface area (Å²) in [7, 11) is 0. The van der Waals surface area contributed by atoms with Crippen LogP contribution in [0.3, 0.4) is 0 Å². The second kappa shape index (κ2) is 6.96. The molecule has 21 heavy (non-hydrogen) atoms. The van der Waals surface area contributed by atoms with Gasteiger partial charge in [-0.2, -0.15) is 0 Å². The van der Waals surface area contributed by atoms with Crippen LogP contribution in [0.2, 0.25) is 0 Å². The summed E-state index contributed by atoms with van der Waals surface area (Å²) in [5.74, 6) is -0.145. The molecule has 0 spiro atoms. The fraction of sp³-hybridized carbons (Fsp3) is 0.667. The summed E-state index contributed by atoms with van der Waals surface area (Å²) >= 11 is 0. The molecule has 9 heteroatoms. The lowest BCUT2D eigenvalue weighted by atomic mass is 9.99. The van der Waals surface area contributed by atoms with Crippen LogP contribution >= 0.6 is 0 Å². The van der Waals surface area contributed by atoms with Crippen molar-refractivity contribution in [2.75, 3.05) is 6.61 Å². The lowest BCUT2D eigenvalue weighted by Crippen LogP contribution is -2.59. The normalized spacial score (nSPS) is 32.9. The zero-order valence-corrected chi connectivity index (χ0v) is 11.2. The van der Waals surface area contributed by atoms with E-state index in [0.717, 1.165) is 5.69 Å². The maximum Gasteiger partial charge on any atom is 0.230 e. The summed E-state index contributed by atoms with van der Waals surface area (Å²) in [6, 6.07) is 0. The van der Waals surface area contributed by atoms with Crippen molar-refractivity contribution < 1.29 is 29.9 Å². The van der Waals surface area contributed by atoms with Gasteiger partial charge in [0.2, 0.25) is 6.29 Å². The van der Waals surface area contributed by atoms with Crippen LogP contribution in [0, 0.1) is 5.41 Å². The molecular weight excluding hydrogens is 282 g/mol. The average molecular weight is 301 g/mol. The minimum absolute atomic E-state index is 0.145. The molecule has 1 aromatic heterocycles. The number of ether oxygens (including phenoxy) is 2. The van der Waals surface area contributed by atoms with Crippen LogP contribution in [0.15, 0.2) is 12.5 Å². The summed E-state index contributed by atoms with van der Waals surface area (Å²) < 4.78 is 10.3. The van der Waals surface area contributed by atoms with Crippen LogP contribution in [0.25, 0.3) is 0 Å². The first-order valence-corrected chi connectivity index (χ1v) is 6.54. The molecule has 5 unspecified atom stereocenters. The van der Waals surface area contributed by atoms with E-state index in [1.165, 1.54) is 6.33 Å².